The summed E-state index contributed by atoms with van der Waals surface area (Å²) >= 11 is 5.58. The molecule has 0 heterocycles. The second kappa shape index (κ2) is 7.38. The van der Waals surface area contributed by atoms with Crippen LogP contribution < -0.4 is 5.32 Å². The van der Waals surface area contributed by atoms with Crippen molar-refractivity contribution in [3.63, 3.8) is 0 Å². The summed E-state index contributed by atoms with van der Waals surface area (Å²) in [6.45, 7) is -0.586. The van der Waals surface area contributed by atoms with E-state index in [1.807, 2.05) is 6.07 Å². The van der Waals surface area contributed by atoms with Gasteiger partial charge in [-0.3, -0.25) is 4.79 Å². The minimum absolute atomic E-state index is 0.147. The molecule has 0 aliphatic rings. The fourth-order valence-corrected chi connectivity index (χ4v) is 1.89. The van der Waals surface area contributed by atoms with Crippen LogP contribution in [0.15, 0.2) is 42.5 Å². The van der Waals surface area contributed by atoms with E-state index in [2.05, 4.69) is 5.32 Å². The smallest absolute Gasteiger partial charge is 0.341 e. The van der Waals surface area contributed by atoms with Crippen molar-refractivity contribution in [2.75, 3.05) is 11.9 Å². The van der Waals surface area contributed by atoms with Crippen LogP contribution in [0.1, 0.15) is 15.9 Å². The van der Waals surface area contributed by atoms with E-state index in [-0.39, 0.29) is 10.6 Å². The Hall–Kier alpha value is -2.91. The van der Waals surface area contributed by atoms with Gasteiger partial charge in [0.05, 0.1) is 17.2 Å². The van der Waals surface area contributed by atoms with Gasteiger partial charge in [0.1, 0.15) is 5.82 Å². The van der Waals surface area contributed by atoms with Crippen LogP contribution in [0.25, 0.3) is 0 Å². The molecule has 23 heavy (non-hydrogen) atoms. The lowest BCUT2D eigenvalue weighted by molar-refractivity contribution is -0.119. The number of amides is 1. The molecule has 0 unspecified atom stereocenters. The number of esters is 1. The van der Waals surface area contributed by atoms with Crippen LogP contribution in [0, 0.1) is 17.1 Å². The van der Waals surface area contributed by atoms with Crippen molar-refractivity contribution >= 4 is 29.2 Å². The lowest BCUT2D eigenvalue weighted by Crippen LogP contribution is -2.21. The van der Waals surface area contributed by atoms with Crippen molar-refractivity contribution in [2.45, 2.75) is 0 Å². The molecule has 5 nitrogen and oxygen atoms in total. The molecule has 0 saturated heterocycles. The molecule has 0 saturated carbocycles. The van der Waals surface area contributed by atoms with Crippen molar-refractivity contribution in [1.29, 1.82) is 5.26 Å². The summed E-state index contributed by atoms with van der Waals surface area (Å²) in [6.07, 6.45) is 0. The Morgan fingerprint density at radius 2 is 2.04 bits per heavy atom. The molecule has 0 radical (unpaired) electrons. The Morgan fingerprint density at radius 1 is 1.26 bits per heavy atom. The predicted molar refractivity (Wildman–Crippen MR) is 81.5 cm³/mol. The van der Waals surface area contributed by atoms with Crippen LogP contribution in [0.2, 0.25) is 5.02 Å². The van der Waals surface area contributed by atoms with Gasteiger partial charge in [-0.15, -0.1) is 0 Å². The van der Waals surface area contributed by atoms with E-state index in [1.54, 1.807) is 18.2 Å². The van der Waals surface area contributed by atoms with Crippen molar-refractivity contribution in [2.24, 2.45) is 0 Å². The first-order valence-corrected chi connectivity index (χ1v) is 6.79. The highest BCUT2D eigenvalue weighted by atomic mass is 35.5. The lowest BCUT2D eigenvalue weighted by Gasteiger charge is -2.07. The number of ether oxygens (including phenoxy) is 1. The molecule has 0 aromatic heterocycles. The number of carbonyl (C=O) groups excluding carboxylic acids is 2. The summed E-state index contributed by atoms with van der Waals surface area (Å²) in [4.78, 5) is 23.4. The second-order valence-corrected chi connectivity index (χ2v) is 4.88. The van der Waals surface area contributed by atoms with Crippen molar-refractivity contribution < 1.29 is 18.7 Å². The number of benzene rings is 2. The van der Waals surface area contributed by atoms with Gasteiger partial charge in [-0.05, 0) is 36.4 Å². The van der Waals surface area contributed by atoms with E-state index in [0.717, 1.165) is 6.07 Å². The highest BCUT2D eigenvalue weighted by Gasteiger charge is 2.15. The first-order chi connectivity index (χ1) is 11.0. The number of rotatable bonds is 4. The zero-order valence-electron chi connectivity index (χ0n) is 11.7. The summed E-state index contributed by atoms with van der Waals surface area (Å²) < 4.78 is 18.3. The Kier molecular flexibility index (Phi) is 5.28. The van der Waals surface area contributed by atoms with E-state index in [4.69, 9.17) is 21.6 Å². The lowest BCUT2D eigenvalue weighted by atomic mass is 10.2. The maximum atomic E-state index is 13.5. The number of nitriles is 1. The van der Waals surface area contributed by atoms with Crippen LogP contribution >= 0.6 is 11.6 Å². The fourth-order valence-electron chi connectivity index (χ4n) is 1.73. The quantitative estimate of drug-likeness (QED) is 0.872. The standard InChI is InChI=1S/C16H10ClFN2O3/c17-11-4-5-13(14(18)7-11)16(22)23-9-15(21)20-12-3-1-2-10(6-12)8-19/h1-7H,9H2,(H,20,21). The molecule has 0 fully saturated rings. The molecule has 0 bridgehead atoms. The third-order valence-electron chi connectivity index (χ3n) is 2.76. The Morgan fingerprint density at radius 3 is 2.74 bits per heavy atom. The molecule has 2 rings (SSSR count). The zero-order valence-corrected chi connectivity index (χ0v) is 12.4. The molecule has 0 atom stereocenters. The van der Waals surface area contributed by atoms with Crippen molar-refractivity contribution in [1.82, 2.24) is 0 Å². The molecule has 7 heteroatoms. The Bertz CT molecular complexity index is 802. The first kappa shape index (κ1) is 16.5. The summed E-state index contributed by atoms with van der Waals surface area (Å²) in [7, 11) is 0. The maximum Gasteiger partial charge on any atom is 0.341 e. The number of anilines is 1. The number of hydrogen-bond donors (Lipinski definition) is 1. The largest absolute Gasteiger partial charge is 0.452 e. The average molecular weight is 333 g/mol. The van der Waals surface area contributed by atoms with Crippen LogP contribution in [0.5, 0.6) is 0 Å². The Labute approximate surface area is 136 Å². The number of hydrogen-bond acceptors (Lipinski definition) is 4. The van der Waals surface area contributed by atoms with Gasteiger partial charge in [0.25, 0.3) is 5.91 Å². The molecule has 1 amide bonds. The SMILES string of the molecule is N#Cc1cccc(NC(=O)COC(=O)c2ccc(Cl)cc2F)c1. The van der Waals surface area contributed by atoms with E-state index in [1.165, 1.54) is 18.2 Å². The molecule has 2 aromatic carbocycles. The van der Waals surface area contributed by atoms with Gasteiger partial charge in [0.15, 0.2) is 6.61 Å². The zero-order chi connectivity index (χ0) is 16.8. The molecule has 0 spiro atoms. The van der Waals surface area contributed by atoms with Crippen molar-refractivity contribution in [3.8, 4) is 6.07 Å². The summed E-state index contributed by atoms with van der Waals surface area (Å²) in [6, 6.07) is 11.7. The average Bonchev–Trinajstić information content (AvgIpc) is 2.53. The van der Waals surface area contributed by atoms with E-state index < -0.39 is 24.3 Å². The predicted octanol–water partition coefficient (Wildman–Crippen LogP) is 3.15. The molecular formula is C16H10ClFN2O3. The van der Waals surface area contributed by atoms with Gasteiger partial charge in [0, 0.05) is 10.7 Å². The number of carbonyl (C=O) groups is 2. The van der Waals surface area contributed by atoms with Gasteiger partial charge < -0.3 is 10.1 Å². The first-order valence-electron chi connectivity index (χ1n) is 6.42. The van der Waals surface area contributed by atoms with Gasteiger partial charge in [-0.1, -0.05) is 17.7 Å². The van der Waals surface area contributed by atoms with E-state index in [0.29, 0.717) is 11.3 Å². The fraction of sp³-hybridized carbons (Fsp3) is 0.0625. The topological polar surface area (TPSA) is 79.2 Å². The molecule has 2 aromatic rings. The van der Waals surface area contributed by atoms with Gasteiger partial charge in [-0.25, -0.2) is 9.18 Å². The monoisotopic (exact) mass is 332 g/mol. The molecule has 116 valence electrons. The number of nitrogens with one attached hydrogen (secondary N) is 1. The third kappa shape index (κ3) is 4.53. The van der Waals surface area contributed by atoms with Crippen LogP contribution in [0.4, 0.5) is 10.1 Å². The van der Waals surface area contributed by atoms with Gasteiger partial charge >= 0.3 is 5.97 Å². The molecule has 1 N–H and O–H groups in total. The van der Waals surface area contributed by atoms with Crippen molar-refractivity contribution in [3.05, 3.63) is 64.4 Å². The highest BCUT2D eigenvalue weighted by Crippen LogP contribution is 2.15. The molecule has 0 aliphatic heterocycles. The van der Waals surface area contributed by atoms with Crippen LogP contribution in [-0.4, -0.2) is 18.5 Å². The minimum Gasteiger partial charge on any atom is -0.452 e. The van der Waals surface area contributed by atoms with Crippen LogP contribution in [0.3, 0.4) is 0 Å². The summed E-state index contributed by atoms with van der Waals surface area (Å²) in [5.41, 5.74) is 0.458. The molecule has 0 aliphatic carbocycles. The maximum absolute atomic E-state index is 13.5. The molecular weight excluding hydrogens is 323 g/mol. The third-order valence-corrected chi connectivity index (χ3v) is 3.00. The normalized spacial score (nSPS) is 9.78. The van der Waals surface area contributed by atoms with Crippen LogP contribution in [-0.2, 0) is 9.53 Å². The Balaban J connectivity index is 1.93. The van der Waals surface area contributed by atoms with Gasteiger partial charge in [0.2, 0.25) is 0 Å². The summed E-state index contributed by atoms with van der Waals surface area (Å²) in [5, 5.41) is 11.4. The number of halogens is 2. The number of nitrogens with zero attached hydrogens (tertiary/aromatic N) is 1. The highest BCUT2D eigenvalue weighted by molar-refractivity contribution is 6.30. The van der Waals surface area contributed by atoms with Gasteiger partial charge in [-0.2, -0.15) is 5.26 Å². The second-order valence-electron chi connectivity index (χ2n) is 4.44. The minimum atomic E-state index is -0.972. The van der Waals surface area contributed by atoms with E-state index in [9.17, 15) is 14.0 Å². The van der Waals surface area contributed by atoms with E-state index >= 15 is 0 Å². The summed E-state index contributed by atoms with van der Waals surface area (Å²) in [5.74, 6) is -2.41.